The molecule has 0 aromatic carbocycles. The van der Waals surface area contributed by atoms with Crippen LogP contribution in [0.3, 0.4) is 0 Å². The smallest absolute Gasteiger partial charge is 0.255 e. The van der Waals surface area contributed by atoms with Crippen LogP contribution in [0.2, 0.25) is 0 Å². The standard InChI is InChI=1S/C14H18N4O2/c1-9(2)13-16-12-3-4-18(6-10-5-15-8-20-10)7-11(12)14(19)17-13/h5,8-9H,3-4,6-7H2,1-2H3,(H,16,17,19). The summed E-state index contributed by atoms with van der Waals surface area (Å²) in [4.78, 5) is 25.7. The van der Waals surface area contributed by atoms with Gasteiger partial charge in [-0.2, -0.15) is 0 Å². The summed E-state index contributed by atoms with van der Waals surface area (Å²) in [6.45, 7) is 6.22. The maximum atomic E-state index is 12.2. The number of nitrogens with zero attached hydrogens (tertiary/aromatic N) is 3. The van der Waals surface area contributed by atoms with Crippen LogP contribution in [0.1, 0.15) is 42.6 Å². The fraction of sp³-hybridized carbons (Fsp3) is 0.500. The molecular formula is C14H18N4O2. The number of rotatable bonds is 3. The summed E-state index contributed by atoms with van der Waals surface area (Å²) in [5.74, 6) is 1.83. The number of hydrogen-bond donors (Lipinski definition) is 1. The molecule has 0 saturated heterocycles. The first-order chi connectivity index (χ1) is 9.63. The lowest BCUT2D eigenvalue weighted by molar-refractivity contribution is 0.222. The lowest BCUT2D eigenvalue weighted by Crippen LogP contribution is -2.35. The van der Waals surface area contributed by atoms with Crippen molar-refractivity contribution in [2.75, 3.05) is 6.54 Å². The monoisotopic (exact) mass is 274 g/mol. The number of aromatic nitrogens is 3. The Labute approximate surface area is 116 Å². The zero-order valence-electron chi connectivity index (χ0n) is 11.7. The largest absolute Gasteiger partial charge is 0.447 e. The van der Waals surface area contributed by atoms with Gasteiger partial charge in [-0.05, 0) is 0 Å². The summed E-state index contributed by atoms with van der Waals surface area (Å²) in [6.07, 6.45) is 3.93. The zero-order chi connectivity index (χ0) is 14.1. The Balaban J connectivity index is 1.83. The van der Waals surface area contributed by atoms with Gasteiger partial charge in [0, 0.05) is 25.4 Å². The molecule has 1 N–H and O–H groups in total. The van der Waals surface area contributed by atoms with Gasteiger partial charge in [0.05, 0.1) is 24.0 Å². The molecule has 2 aromatic rings. The van der Waals surface area contributed by atoms with E-state index in [0.717, 1.165) is 35.8 Å². The Morgan fingerprint density at radius 3 is 3.05 bits per heavy atom. The molecule has 106 valence electrons. The minimum absolute atomic E-state index is 0.0130. The van der Waals surface area contributed by atoms with E-state index in [2.05, 4.69) is 19.9 Å². The van der Waals surface area contributed by atoms with E-state index in [4.69, 9.17) is 4.42 Å². The fourth-order valence-corrected chi connectivity index (χ4v) is 2.45. The molecule has 2 aromatic heterocycles. The summed E-state index contributed by atoms with van der Waals surface area (Å²) in [5, 5.41) is 0. The summed E-state index contributed by atoms with van der Waals surface area (Å²) in [5.41, 5.74) is 1.70. The molecule has 3 rings (SSSR count). The average molecular weight is 274 g/mol. The summed E-state index contributed by atoms with van der Waals surface area (Å²) in [7, 11) is 0. The van der Waals surface area contributed by atoms with Crippen molar-refractivity contribution >= 4 is 0 Å². The molecule has 1 aliphatic rings. The number of H-pyrrole nitrogens is 1. The molecule has 6 nitrogen and oxygen atoms in total. The van der Waals surface area contributed by atoms with E-state index in [9.17, 15) is 4.79 Å². The Kier molecular flexibility index (Phi) is 3.40. The summed E-state index contributed by atoms with van der Waals surface area (Å²) < 4.78 is 5.25. The maximum absolute atomic E-state index is 12.2. The predicted octanol–water partition coefficient (Wildman–Crippen LogP) is 1.44. The van der Waals surface area contributed by atoms with Crippen LogP contribution in [-0.4, -0.2) is 26.4 Å². The molecule has 3 heterocycles. The third kappa shape index (κ3) is 2.51. The van der Waals surface area contributed by atoms with Gasteiger partial charge in [-0.1, -0.05) is 13.8 Å². The SMILES string of the molecule is CC(C)c1nc2c(c(=O)[nH]1)CN(Cc1cnco1)CC2. The van der Waals surface area contributed by atoms with E-state index in [-0.39, 0.29) is 11.5 Å². The normalized spacial score (nSPS) is 15.6. The zero-order valence-corrected chi connectivity index (χ0v) is 11.7. The minimum Gasteiger partial charge on any atom is -0.447 e. The number of aromatic amines is 1. The molecule has 0 spiro atoms. The Bertz CT molecular complexity index is 646. The minimum atomic E-state index is -0.0130. The van der Waals surface area contributed by atoms with Crippen molar-refractivity contribution < 1.29 is 4.42 Å². The van der Waals surface area contributed by atoms with E-state index in [0.29, 0.717) is 13.1 Å². The Hall–Kier alpha value is -1.95. The first-order valence-electron chi connectivity index (χ1n) is 6.85. The van der Waals surface area contributed by atoms with Gasteiger partial charge in [-0.3, -0.25) is 9.69 Å². The molecule has 0 saturated carbocycles. The van der Waals surface area contributed by atoms with Gasteiger partial charge >= 0.3 is 0 Å². The molecule has 0 fully saturated rings. The van der Waals surface area contributed by atoms with Gasteiger partial charge in [0.25, 0.3) is 5.56 Å². The van der Waals surface area contributed by atoms with Crippen molar-refractivity contribution in [1.29, 1.82) is 0 Å². The molecule has 0 atom stereocenters. The lowest BCUT2D eigenvalue weighted by Gasteiger charge is -2.26. The number of hydrogen-bond acceptors (Lipinski definition) is 5. The van der Waals surface area contributed by atoms with Gasteiger partial charge in [0.1, 0.15) is 11.6 Å². The van der Waals surface area contributed by atoms with E-state index in [1.54, 1.807) is 6.20 Å². The van der Waals surface area contributed by atoms with Gasteiger partial charge in [-0.25, -0.2) is 9.97 Å². The van der Waals surface area contributed by atoms with Crippen molar-refractivity contribution in [3.8, 4) is 0 Å². The summed E-state index contributed by atoms with van der Waals surface area (Å²) in [6, 6.07) is 0. The van der Waals surface area contributed by atoms with E-state index >= 15 is 0 Å². The van der Waals surface area contributed by atoms with Gasteiger partial charge in [0.15, 0.2) is 6.39 Å². The number of oxazole rings is 1. The maximum Gasteiger partial charge on any atom is 0.255 e. The van der Waals surface area contributed by atoms with Crippen LogP contribution in [0.4, 0.5) is 0 Å². The molecule has 0 radical (unpaired) electrons. The van der Waals surface area contributed by atoms with E-state index in [1.807, 2.05) is 13.8 Å². The highest BCUT2D eigenvalue weighted by atomic mass is 16.3. The van der Waals surface area contributed by atoms with Crippen LogP contribution in [0.5, 0.6) is 0 Å². The molecule has 20 heavy (non-hydrogen) atoms. The third-order valence-corrected chi connectivity index (χ3v) is 3.58. The fourth-order valence-electron chi connectivity index (χ4n) is 2.45. The second-order valence-electron chi connectivity index (χ2n) is 5.46. The summed E-state index contributed by atoms with van der Waals surface area (Å²) >= 11 is 0. The lowest BCUT2D eigenvalue weighted by atomic mass is 10.1. The number of nitrogens with one attached hydrogen (secondary N) is 1. The second-order valence-corrected chi connectivity index (χ2v) is 5.46. The first kappa shape index (κ1) is 13.1. The van der Waals surface area contributed by atoms with E-state index < -0.39 is 0 Å². The highest BCUT2D eigenvalue weighted by molar-refractivity contribution is 5.21. The van der Waals surface area contributed by atoms with E-state index in [1.165, 1.54) is 6.39 Å². The molecule has 0 aliphatic carbocycles. The quantitative estimate of drug-likeness (QED) is 0.916. The Morgan fingerprint density at radius 2 is 2.35 bits per heavy atom. The molecule has 0 bridgehead atoms. The van der Waals surface area contributed by atoms with Crippen molar-refractivity contribution in [1.82, 2.24) is 19.9 Å². The van der Waals surface area contributed by atoms with Crippen molar-refractivity contribution in [3.63, 3.8) is 0 Å². The van der Waals surface area contributed by atoms with Crippen LogP contribution >= 0.6 is 0 Å². The van der Waals surface area contributed by atoms with Crippen LogP contribution in [0, 0.1) is 0 Å². The van der Waals surface area contributed by atoms with Crippen LogP contribution in [-0.2, 0) is 19.5 Å². The molecule has 0 amide bonds. The van der Waals surface area contributed by atoms with Crippen molar-refractivity contribution in [2.24, 2.45) is 0 Å². The highest BCUT2D eigenvalue weighted by Gasteiger charge is 2.22. The van der Waals surface area contributed by atoms with Crippen molar-refractivity contribution in [2.45, 2.75) is 39.3 Å². The van der Waals surface area contributed by atoms with Crippen LogP contribution in [0.25, 0.3) is 0 Å². The molecule has 1 aliphatic heterocycles. The molecule has 6 heteroatoms. The highest BCUT2D eigenvalue weighted by Crippen LogP contribution is 2.17. The van der Waals surface area contributed by atoms with Gasteiger partial charge < -0.3 is 9.40 Å². The van der Waals surface area contributed by atoms with Crippen molar-refractivity contribution in [3.05, 3.63) is 45.8 Å². The third-order valence-electron chi connectivity index (χ3n) is 3.58. The predicted molar refractivity (Wildman–Crippen MR) is 73.3 cm³/mol. The van der Waals surface area contributed by atoms with Gasteiger partial charge in [-0.15, -0.1) is 0 Å². The van der Waals surface area contributed by atoms with Gasteiger partial charge in [0.2, 0.25) is 0 Å². The van der Waals surface area contributed by atoms with Crippen LogP contribution < -0.4 is 5.56 Å². The second kappa shape index (κ2) is 5.20. The van der Waals surface area contributed by atoms with Crippen LogP contribution in [0.15, 0.2) is 21.8 Å². The molecular weight excluding hydrogens is 256 g/mol. The Morgan fingerprint density at radius 1 is 1.50 bits per heavy atom. The number of fused-ring (bicyclic) bond motifs is 1. The topological polar surface area (TPSA) is 75.0 Å². The first-order valence-corrected chi connectivity index (χ1v) is 6.85. The molecule has 0 unspecified atom stereocenters. The average Bonchev–Trinajstić information content (AvgIpc) is 2.92.